The highest BCUT2D eigenvalue weighted by atomic mass is 32.2. The van der Waals surface area contributed by atoms with Crippen molar-refractivity contribution in [2.45, 2.75) is 25.4 Å². The molecule has 1 unspecified atom stereocenters. The molecule has 1 aliphatic rings. The van der Waals surface area contributed by atoms with Crippen molar-refractivity contribution in [2.75, 3.05) is 16.0 Å². The second-order valence-corrected chi connectivity index (χ2v) is 9.53. The van der Waals surface area contributed by atoms with E-state index in [1.54, 1.807) is 41.6 Å². The molecule has 1 aliphatic heterocycles. The highest BCUT2D eigenvalue weighted by molar-refractivity contribution is 8.14. The number of hydrogen-bond acceptors (Lipinski definition) is 7. The minimum Gasteiger partial charge on any atom is -0.406 e. The number of aliphatic hydroxyl groups is 1. The van der Waals surface area contributed by atoms with Crippen molar-refractivity contribution in [1.29, 1.82) is 0 Å². The maximum absolute atomic E-state index is 12.5. The van der Waals surface area contributed by atoms with Gasteiger partial charge in [-0.25, -0.2) is 14.5 Å². The smallest absolute Gasteiger partial charge is 0.406 e. The first-order chi connectivity index (χ1) is 19.2. The average molecular weight is 570 g/mol. The van der Waals surface area contributed by atoms with Crippen LogP contribution in [0.2, 0.25) is 0 Å². The summed E-state index contributed by atoms with van der Waals surface area (Å²) >= 11 is 1.28. The number of thioether (sulfide) groups is 1. The maximum atomic E-state index is 12.5. The van der Waals surface area contributed by atoms with Gasteiger partial charge in [0.1, 0.15) is 18.3 Å². The molecule has 10 nitrogen and oxygen atoms in total. The van der Waals surface area contributed by atoms with Crippen molar-refractivity contribution in [2.24, 2.45) is 4.99 Å². The first-order valence-electron chi connectivity index (χ1n) is 12.0. The highest BCUT2D eigenvalue weighted by Gasteiger charge is 2.31. The van der Waals surface area contributed by atoms with Crippen LogP contribution < -0.4 is 15.0 Å². The number of anilines is 2. The molecule has 0 bridgehead atoms. The summed E-state index contributed by atoms with van der Waals surface area (Å²) in [6.45, 7) is 0. The number of hydrogen-bond donors (Lipinski definition) is 2. The maximum Gasteiger partial charge on any atom is 0.573 e. The van der Waals surface area contributed by atoms with E-state index in [9.17, 15) is 23.1 Å². The van der Waals surface area contributed by atoms with E-state index >= 15 is 0 Å². The van der Waals surface area contributed by atoms with Gasteiger partial charge in [0.15, 0.2) is 11.0 Å². The molecule has 5 rings (SSSR count). The van der Waals surface area contributed by atoms with Crippen molar-refractivity contribution < 1.29 is 27.8 Å². The molecule has 14 heteroatoms. The van der Waals surface area contributed by atoms with Gasteiger partial charge < -0.3 is 15.2 Å². The molecular formula is C26H22F3N7O3S. The van der Waals surface area contributed by atoms with Crippen LogP contribution in [0.5, 0.6) is 5.75 Å². The number of amides is 2. The average Bonchev–Trinajstić information content (AvgIpc) is 3.55. The van der Waals surface area contributed by atoms with Gasteiger partial charge in [-0.15, -0.1) is 13.2 Å². The normalized spacial score (nSPS) is 16.4. The number of carbonyl (C=O) groups excluding carboxylic acids is 1. The number of carbonyl (C=O) groups is 1. The van der Waals surface area contributed by atoms with Gasteiger partial charge in [0.2, 0.25) is 0 Å². The summed E-state index contributed by atoms with van der Waals surface area (Å²) in [6, 6.07) is 15.6. The minimum atomic E-state index is -4.75. The molecule has 2 N–H and O–H groups in total. The number of aliphatic imine (C=N–C) groups is 1. The van der Waals surface area contributed by atoms with Gasteiger partial charge in [-0.2, -0.15) is 10.1 Å². The van der Waals surface area contributed by atoms with Crippen molar-refractivity contribution >= 4 is 34.3 Å². The Hall–Kier alpha value is -4.43. The molecule has 2 aromatic carbocycles. The van der Waals surface area contributed by atoms with Gasteiger partial charge in [0, 0.05) is 24.1 Å². The lowest BCUT2D eigenvalue weighted by molar-refractivity contribution is -0.274. The van der Waals surface area contributed by atoms with Crippen LogP contribution in [0.15, 0.2) is 84.4 Å². The van der Waals surface area contributed by atoms with E-state index < -0.39 is 18.6 Å². The standard InChI is InChI=1S/C26H22F3N7O3S/c27-26(28,29)39-21-10-8-19(9-11-21)35-16-31-22(34-35)12-5-17-3-6-18(7-4-17)32-24(38)33-25-36(23(37)15-40-25)20-2-1-13-30-14-20/h1-4,6-11,13-14,16,23,37H,5,12,15H2,(H,32,38). The zero-order valence-electron chi connectivity index (χ0n) is 20.7. The molecule has 40 heavy (non-hydrogen) atoms. The number of halogens is 3. The van der Waals surface area contributed by atoms with Crippen molar-refractivity contribution in [1.82, 2.24) is 19.7 Å². The number of rotatable bonds is 7. The van der Waals surface area contributed by atoms with E-state index in [2.05, 4.69) is 30.1 Å². The van der Waals surface area contributed by atoms with E-state index in [0.717, 1.165) is 5.56 Å². The predicted molar refractivity (Wildman–Crippen MR) is 144 cm³/mol. The molecular weight excluding hydrogens is 547 g/mol. The van der Waals surface area contributed by atoms with Crippen LogP contribution in [0.4, 0.5) is 29.3 Å². The van der Waals surface area contributed by atoms with Gasteiger partial charge >= 0.3 is 12.4 Å². The molecule has 0 radical (unpaired) electrons. The van der Waals surface area contributed by atoms with Crippen molar-refractivity contribution in [3.8, 4) is 11.4 Å². The number of aliphatic hydroxyl groups excluding tert-OH is 1. The Bertz CT molecular complexity index is 1480. The first kappa shape index (κ1) is 27.1. The fourth-order valence-corrected chi connectivity index (χ4v) is 4.83. The van der Waals surface area contributed by atoms with Crippen LogP contribution in [0.25, 0.3) is 5.69 Å². The zero-order chi connectivity index (χ0) is 28.1. The van der Waals surface area contributed by atoms with Crippen LogP contribution >= 0.6 is 11.8 Å². The van der Waals surface area contributed by atoms with Gasteiger partial charge in [0.05, 0.1) is 17.6 Å². The monoisotopic (exact) mass is 569 g/mol. The lowest BCUT2D eigenvalue weighted by Gasteiger charge is -2.21. The summed E-state index contributed by atoms with van der Waals surface area (Å²) in [5.41, 5.74) is 2.75. The molecule has 206 valence electrons. The number of amidine groups is 1. The molecule has 1 atom stereocenters. The number of benzene rings is 2. The van der Waals surface area contributed by atoms with Crippen molar-refractivity contribution in [3.63, 3.8) is 0 Å². The Morgan fingerprint density at radius 1 is 1.10 bits per heavy atom. The fraction of sp³-hybridized carbons (Fsp3) is 0.192. The molecule has 1 fully saturated rings. The summed E-state index contributed by atoms with van der Waals surface area (Å²) in [5.74, 6) is 0.635. The second kappa shape index (κ2) is 11.8. The van der Waals surface area contributed by atoms with Crippen LogP contribution in [0.3, 0.4) is 0 Å². The van der Waals surface area contributed by atoms with E-state index in [-0.39, 0.29) is 5.75 Å². The number of nitrogens with one attached hydrogen (secondary N) is 1. The Balaban J connectivity index is 1.14. The molecule has 0 saturated carbocycles. The van der Waals surface area contributed by atoms with E-state index in [1.807, 2.05) is 12.1 Å². The molecule has 0 aliphatic carbocycles. The third kappa shape index (κ3) is 6.95. The van der Waals surface area contributed by atoms with Crippen LogP contribution in [0.1, 0.15) is 11.4 Å². The largest absolute Gasteiger partial charge is 0.573 e. The third-order valence-electron chi connectivity index (χ3n) is 5.70. The molecule has 1 saturated heterocycles. The molecule has 3 heterocycles. The SMILES string of the molecule is O=C(N=C1SCC(O)N1c1cccnc1)Nc1ccc(CCc2ncn(-c3ccc(OC(F)(F)F)cc3)n2)cc1. The zero-order valence-corrected chi connectivity index (χ0v) is 21.5. The Labute approximate surface area is 230 Å². The quantitative estimate of drug-likeness (QED) is 0.326. The predicted octanol–water partition coefficient (Wildman–Crippen LogP) is 4.81. The van der Waals surface area contributed by atoms with Gasteiger partial charge in [-0.05, 0) is 60.5 Å². The molecule has 2 amide bonds. The summed E-state index contributed by atoms with van der Waals surface area (Å²) in [6.07, 6.45) is 0.319. The lowest BCUT2D eigenvalue weighted by atomic mass is 10.1. The lowest BCUT2D eigenvalue weighted by Crippen LogP contribution is -2.34. The van der Waals surface area contributed by atoms with Crippen LogP contribution in [-0.2, 0) is 12.8 Å². The Morgan fingerprint density at radius 3 is 2.58 bits per heavy atom. The molecule has 2 aromatic heterocycles. The van der Waals surface area contributed by atoms with Gasteiger partial charge in [-0.1, -0.05) is 23.9 Å². The fourth-order valence-electron chi connectivity index (χ4n) is 3.87. The number of ether oxygens (including phenoxy) is 1. The number of aryl methyl sites for hydroxylation is 2. The molecule has 4 aromatic rings. The number of urea groups is 1. The number of pyridine rings is 1. The van der Waals surface area contributed by atoms with E-state index in [0.29, 0.717) is 46.6 Å². The summed E-state index contributed by atoms with van der Waals surface area (Å²) < 4.78 is 42.4. The topological polar surface area (TPSA) is 118 Å². The summed E-state index contributed by atoms with van der Waals surface area (Å²) in [7, 11) is 0. The van der Waals surface area contributed by atoms with Crippen LogP contribution in [-0.4, -0.2) is 54.4 Å². The minimum absolute atomic E-state index is 0.313. The number of alkyl halides is 3. The highest BCUT2D eigenvalue weighted by Crippen LogP contribution is 2.29. The van der Waals surface area contributed by atoms with Crippen molar-refractivity contribution in [3.05, 3.63) is 90.8 Å². The Morgan fingerprint density at radius 2 is 1.88 bits per heavy atom. The summed E-state index contributed by atoms with van der Waals surface area (Å²) in [4.78, 5) is 26.5. The van der Waals surface area contributed by atoms with E-state index in [1.165, 1.54) is 47.0 Å². The molecule has 0 spiro atoms. The second-order valence-electron chi connectivity index (χ2n) is 8.54. The van der Waals surface area contributed by atoms with Gasteiger partial charge in [-0.3, -0.25) is 9.88 Å². The first-order valence-corrected chi connectivity index (χ1v) is 13.0. The van der Waals surface area contributed by atoms with Gasteiger partial charge in [0.25, 0.3) is 0 Å². The summed E-state index contributed by atoms with van der Waals surface area (Å²) in [5, 5.41) is 17.8. The van der Waals surface area contributed by atoms with Crippen LogP contribution in [0, 0.1) is 0 Å². The number of nitrogens with zero attached hydrogens (tertiary/aromatic N) is 6. The van der Waals surface area contributed by atoms with E-state index in [4.69, 9.17) is 0 Å². The third-order valence-corrected chi connectivity index (χ3v) is 6.71. The number of aromatic nitrogens is 4. The Kier molecular flexibility index (Phi) is 7.98.